The zero-order chi connectivity index (χ0) is 28.2. The number of hydrogen-bond donors (Lipinski definition) is 3. The second-order valence-electron chi connectivity index (χ2n) is 14.0. The highest BCUT2D eigenvalue weighted by atomic mass is 32.2. The van der Waals surface area contributed by atoms with Gasteiger partial charge in [0.2, 0.25) is 5.91 Å². The second kappa shape index (κ2) is 10.8. The van der Waals surface area contributed by atoms with E-state index in [4.69, 9.17) is 0 Å². The number of carbonyl (C=O) groups is 1. The van der Waals surface area contributed by atoms with E-state index in [1.807, 2.05) is 0 Å². The number of rotatable bonds is 7. The maximum absolute atomic E-state index is 12.7. The summed E-state index contributed by atoms with van der Waals surface area (Å²) in [6.45, 7) is 9.35. The summed E-state index contributed by atoms with van der Waals surface area (Å²) in [6.07, 6.45) is 8.57. The third-order valence-electron chi connectivity index (χ3n) is 12.3. The molecule has 4 saturated carbocycles. The Hall–Kier alpha value is -1.44. The molecular weight excluding hydrogens is 510 g/mol. The molecule has 1 aromatic carbocycles. The average Bonchev–Trinajstić information content (AvgIpc) is 3.26. The summed E-state index contributed by atoms with van der Waals surface area (Å²) in [5, 5.41) is 22.4. The van der Waals surface area contributed by atoms with E-state index >= 15 is 0 Å². The summed E-state index contributed by atoms with van der Waals surface area (Å²) in [7, 11) is -3.85. The molecule has 11 atom stereocenters. The Morgan fingerprint density at radius 3 is 2.36 bits per heavy atom. The van der Waals surface area contributed by atoms with Gasteiger partial charge in [-0.2, -0.15) is 0 Å². The molecule has 39 heavy (non-hydrogen) atoms. The minimum Gasteiger partial charge on any atom is -0.393 e. The molecule has 0 heterocycles. The number of aliphatic hydroxyl groups excluding tert-OH is 2. The fourth-order valence-electron chi connectivity index (χ4n) is 10.4. The Labute approximate surface area is 235 Å². The SMILES string of the molecule is CC[C@@H]1C2C[C@H](O)CCC2(C)[C@H]2CCC3(C)C([C@H](C)CCC(=O)NS(=O)(=O)c4ccccc4)CC[C@H]3[C@@H]2[C@@H]1O. The fourth-order valence-corrected chi connectivity index (χ4v) is 11.4. The second-order valence-corrected chi connectivity index (χ2v) is 15.7. The van der Waals surface area contributed by atoms with E-state index in [-0.39, 0.29) is 40.3 Å². The van der Waals surface area contributed by atoms with Crippen LogP contribution in [-0.4, -0.2) is 36.7 Å². The molecule has 0 aliphatic heterocycles. The third kappa shape index (κ3) is 4.99. The van der Waals surface area contributed by atoms with Crippen molar-refractivity contribution in [3.63, 3.8) is 0 Å². The predicted molar refractivity (Wildman–Crippen MR) is 152 cm³/mol. The minimum atomic E-state index is -3.85. The monoisotopic (exact) mass is 559 g/mol. The van der Waals surface area contributed by atoms with Crippen LogP contribution in [0, 0.1) is 52.3 Å². The number of hydrogen-bond acceptors (Lipinski definition) is 5. The van der Waals surface area contributed by atoms with Gasteiger partial charge in [-0.05, 0) is 116 Å². The molecule has 0 bridgehead atoms. The molecule has 4 fully saturated rings. The van der Waals surface area contributed by atoms with Crippen molar-refractivity contribution in [2.24, 2.45) is 52.3 Å². The van der Waals surface area contributed by atoms with Crippen molar-refractivity contribution in [1.82, 2.24) is 4.72 Å². The van der Waals surface area contributed by atoms with Crippen LogP contribution in [0.15, 0.2) is 35.2 Å². The van der Waals surface area contributed by atoms with E-state index in [0.29, 0.717) is 41.9 Å². The quantitative estimate of drug-likeness (QED) is 0.407. The summed E-state index contributed by atoms with van der Waals surface area (Å²) < 4.78 is 27.4. The molecule has 4 aliphatic rings. The molecular formula is C32H49NO5S. The molecule has 3 N–H and O–H groups in total. The fraction of sp³-hybridized carbons (Fsp3) is 0.781. The van der Waals surface area contributed by atoms with Crippen LogP contribution in [0.5, 0.6) is 0 Å². The Morgan fingerprint density at radius 2 is 1.67 bits per heavy atom. The topological polar surface area (TPSA) is 104 Å². The summed E-state index contributed by atoms with van der Waals surface area (Å²) in [4.78, 5) is 12.8. The van der Waals surface area contributed by atoms with E-state index in [2.05, 4.69) is 32.4 Å². The van der Waals surface area contributed by atoms with Crippen LogP contribution in [0.4, 0.5) is 0 Å². The van der Waals surface area contributed by atoms with Crippen LogP contribution in [-0.2, 0) is 14.8 Å². The molecule has 218 valence electrons. The van der Waals surface area contributed by atoms with Gasteiger partial charge in [0, 0.05) is 6.42 Å². The smallest absolute Gasteiger partial charge is 0.264 e. The number of benzene rings is 1. The molecule has 0 radical (unpaired) electrons. The van der Waals surface area contributed by atoms with Gasteiger partial charge >= 0.3 is 0 Å². The van der Waals surface area contributed by atoms with Crippen molar-refractivity contribution in [3.8, 4) is 0 Å². The lowest BCUT2D eigenvalue weighted by atomic mass is 9.41. The normalized spacial score (nSPS) is 42.6. The van der Waals surface area contributed by atoms with E-state index in [1.54, 1.807) is 18.2 Å². The lowest BCUT2D eigenvalue weighted by molar-refractivity contribution is -0.203. The largest absolute Gasteiger partial charge is 0.393 e. The molecule has 0 saturated heterocycles. The minimum absolute atomic E-state index is 0.106. The van der Waals surface area contributed by atoms with Crippen molar-refractivity contribution < 1.29 is 23.4 Å². The summed E-state index contributed by atoms with van der Waals surface area (Å²) in [5.74, 6) is 2.26. The maximum Gasteiger partial charge on any atom is 0.264 e. The summed E-state index contributed by atoms with van der Waals surface area (Å²) in [5.41, 5.74) is 0.320. The van der Waals surface area contributed by atoms with E-state index < -0.39 is 15.9 Å². The first kappa shape index (κ1) is 29.1. The van der Waals surface area contributed by atoms with Gasteiger partial charge in [0.05, 0.1) is 17.1 Å². The number of fused-ring (bicyclic) bond motifs is 5. The Balaban J connectivity index is 1.27. The lowest BCUT2D eigenvalue weighted by Gasteiger charge is -2.64. The highest BCUT2D eigenvalue weighted by Crippen LogP contribution is 2.69. The van der Waals surface area contributed by atoms with Gasteiger partial charge in [0.15, 0.2) is 0 Å². The van der Waals surface area contributed by atoms with E-state index in [1.165, 1.54) is 12.1 Å². The summed E-state index contributed by atoms with van der Waals surface area (Å²) in [6, 6.07) is 8.04. The van der Waals surface area contributed by atoms with Crippen molar-refractivity contribution in [2.75, 3.05) is 0 Å². The Bertz CT molecular complexity index is 1140. The lowest BCUT2D eigenvalue weighted by Crippen LogP contribution is -2.62. The number of sulfonamides is 1. The third-order valence-corrected chi connectivity index (χ3v) is 13.7. The molecule has 4 aliphatic carbocycles. The molecule has 1 amide bonds. The number of aliphatic hydroxyl groups is 2. The number of amides is 1. The van der Waals surface area contributed by atoms with Gasteiger partial charge in [0.25, 0.3) is 10.0 Å². The standard InChI is InChI=1S/C32H49NO5S/c1-5-23-27-19-21(34)15-17-32(27,4)26-16-18-31(3)24(12-13-25(31)29(26)30(23)36)20(2)11-14-28(35)33-39(37,38)22-9-7-6-8-10-22/h6-10,20-21,23-27,29-30,34,36H,5,11-19H2,1-4H3,(H,33,35)/t20-,21-,23-,24?,25+,26+,27?,29+,30-,31?,32?/m1/s1. The number of nitrogens with one attached hydrogen (secondary N) is 1. The summed E-state index contributed by atoms with van der Waals surface area (Å²) >= 11 is 0. The van der Waals surface area contributed by atoms with E-state index in [9.17, 15) is 23.4 Å². The first-order valence-corrected chi connectivity index (χ1v) is 16.9. The molecule has 6 nitrogen and oxygen atoms in total. The van der Waals surface area contributed by atoms with Gasteiger partial charge in [-0.25, -0.2) is 13.1 Å². The van der Waals surface area contributed by atoms with Crippen LogP contribution in [0.25, 0.3) is 0 Å². The maximum atomic E-state index is 12.7. The van der Waals surface area contributed by atoms with Gasteiger partial charge < -0.3 is 10.2 Å². The van der Waals surface area contributed by atoms with Crippen LogP contribution in [0.1, 0.15) is 91.9 Å². The van der Waals surface area contributed by atoms with Gasteiger partial charge in [-0.3, -0.25) is 4.79 Å². The van der Waals surface area contributed by atoms with Crippen molar-refractivity contribution in [2.45, 2.75) is 109 Å². The molecule has 1 aromatic rings. The average molecular weight is 560 g/mol. The highest BCUT2D eigenvalue weighted by molar-refractivity contribution is 7.90. The predicted octanol–water partition coefficient (Wildman–Crippen LogP) is 5.53. The van der Waals surface area contributed by atoms with Crippen LogP contribution in [0.3, 0.4) is 0 Å². The van der Waals surface area contributed by atoms with Crippen molar-refractivity contribution in [1.29, 1.82) is 0 Å². The number of carbonyl (C=O) groups excluding carboxylic acids is 1. The van der Waals surface area contributed by atoms with Gasteiger partial charge in [0.1, 0.15) is 0 Å². The van der Waals surface area contributed by atoms with Gasteiger partial charge in [-0.15, -0.1) is 0 Å². The Morgan fingerprint density at radius 1 is 1.00 bits per heavy atom. The van der Waals surface area contributed by atoms with Crippen LogP contribution in [0.2, 0.25) is 0 Å². The first-order chi connectivity index (χ1) is 18.4. The molecule has 0 spiro atoms. The Kier molecular flexibility index (Phi) is 8.02. The first-order valence-electron chi connectivity index (χ1n) is 15.4. The van der Waals surface area contributed by atoms with Crippen LogP contribution < -0.4 is 4.72 Å². The zero-order valence-corrected chi connectivity index (χ0v) is 25.0. The highest BCUT2D eigenvalue weighted by Gasteiger charge is 2.64. The molecule has 5 rings (SSSR count). The molecule has 7 heteroatoms. The van der Waals surface area contributed by atoms with E-state index in [0.717, 1.165) is 51.4 Å². The zero-order valence-electron chi connectivity index (χ0n) is 24.2. The molecule has 0 aromatic heterocycles. The van der Waals surface area contributed by atoms with Gasteiger partial charge in [-0.1, -0.05) is 52.3 Å². The van der Waals surface area contributed by atoms with Crippen molar-refractivity contribution >= 4 is 15.9 Å². The molecule has 4 unspecified atom stereocenters. The van der Waals surface area contributed by atoms with Crippen LogP contribution >= 0.6 is 0 Å². The van der Waals surface area contributed by atoms with Crippen molar-refractivity contribution in [3.05, 3.63) is 30.3 Å².